The molecule has 1 unspecified atom stereocenters. The Kier molecular flexibility index (Phi) is 3.34. The molecule has 0 saturated heterocycles. The summed E-state index contributed by atoms with van der Waals surface area (Å²) in [6.07, 6.45) is 0. The zero-order valence-electron chi connectivity index (χ0n) is 10.2. The van der Waals surface area contributed by atoms with Crippen molar-refractivity contribution in [2.45, 2.75) is 13.0 Å². The third-order valence-electron chi connectivity index (χ3n) is 2.95. The fourth-order valence-electron chi connectivity index (χ4n) is 1.63. The minimum absolute atomic E-state index is 0.0675. The van der Waals surface area contributed by atoms with E-state index in [9.17, 15) is 9.18 Å². The number of aliphatic hydroxyl groups excluding tert-OH is 1. The number of carbonyl (C=O) groups excluding carboxylic acids is 1. The zero-order valence-corrected chi connectivity index (χ0v) is 10.2. The van der Waals surface area contributed by atoms with Crippen LogP contribution in [0, 0.1) is 5.82 Å². The van der Waals surface area contributed by atoms with Crippen molar-refractivity contribution in [3.05, 3.63) is 35.8 Å². The van der Waals surface area contributed by atoms with E-state index in [0.29, 0.717) is 5.39 Å². The molecule has 0 radical (unpaired) electrons. The number of likely N-dealkylation sites (N-methyl/N-ethyl adjacent to an activating group) is 1. The maximum Gasteiger partial charge on any atom is 0.289 e. The first-order valence-corrected chi connectivity index (χ1v) is 5.60. The predicted octanol–water partition coefficient (Wildman–Crippen LogP) is 2.02. The van der Waals surface area contributed by atoms with Crippen LogP contribution in [0.3, 0.4) is 0 Å². The van der Waals surface area contributed by atoms with E-state index in [4.69, 9.17) is 9.52 Å². The van der Waals surface area contributed by atoms with Crippen LogP contribution in [-0.2, 0) is 0 Å². The summed E-state index contributed by atoms with van der Waals surface area (Å²) in [6.45, 7) is 1.57. The second-order valence-corrected chi connectivity index (χ2v) is 4.22. The molecule has 0 aliphatic rings. The van der Waals surface area contributed by atoms with Crippen molar-refractivity contribution in [3.63, 3.8) is 0 Å². The Morgan fingerprint density at radius 2 is 2.28 bits per heavy atom. The minimum atomic E-state index is -0.496. The van der Waals surface area contributed by atoms with Crippen LogP contribution >= 0.6 is 0 Å². The van der Waals surface area contributed by atoms with Crippen molar-refractivity contribution >= 4 is 16.9 Å². The Bertz CT molecular complexity index is 579. The van der Waals surface area contributed by atoms with E-state index in [2.05, 4.69) is 0 Å². The molecular weight excluding hydrogens is 237 g/mol. The van der Waals surface area contributed by atoms with Gasteiger partial charge in [0.15, 0.2) is 17.2 Å². The van der Waals surface area contributed by atoms with E-state index in [-0.39, 0.29) is 29.9 Å². The number of furan rings is 1. The van der Waals surface area contributed by atoms with Gasteiger partial charge in [-0.15, -0.1) is 0 Å². The lowest BCUT2D eigenvalue weighted by molar-refractivity contribution is 0.0653. The van der Waals surface area contributed by atoms with Crippen LogP contribution in [0.4, 0.5) is 4.39 Å². The average Bonchev–Trinajstić information content (AvgIpc) is 2.81. The number of nitrogens with zero attached hydrogens (tertiary/aromatic N) is 1. The lowest BCUT2D eigenvalue weighted by Crippen LogP contribution is -2.37. The molecule has 2 aromatic rings. The Morgan fingerprint density at radius 3 is 2.89 bits per heavy atom. The molecule has 18 heavy (non-hydrogen) atoms. The van der Waals surface area contributed by atoms with Crippen molar-refractivity contribution in [1.29, 1.82) is 0 Å². The Hall–Kier alpha value is -1.88. The first-order valence-electron chi connectivity index (χ1n) is 5.60. The van der Waals surface area contributed by atoms with E-state index < -0.39 is 5.82 Å². The second kappa shape index (κ2) is 4.78. The van der Waals surface area contributed by atoms with Gasteiger partial charge in [-0.1, -0.05) is 12.1 Å². The van der Waals surface area contributed by atoms with Gasteiger partial charge in [-0.25, -0.2) is 4.39 Å². The van der Waals surface area contributed by atoms with Crippen LogP contribution in [0.2, 0.25) is 0 Å². The normalized spacial score (nSPS) is 12.7. The van der Waals surface area contributed by atoms with Gasteiger partial charge in [0.2, 0.25) is 0 Å². The number of hydrogen-bond donors (Lipinski definition) is 1. The molecule has 0 spiro atoms. The molecule has 1 N–H and O–H groups in total. The average molecular weight is 251 g/mol. The number of fused-ring (bicyclic) bond motifs is 1. The topological polar surface area (TPSA) is 53.7 Å². The first kappa shape index (κ1) is 12.6. The highest BCUT2D eigenvalue weighted by atomic mass is 19.1. The highest BCUT2D eigenvalue weighted by Crippen LogP contribution is 2.23. The maximum absolute atomic E-state index is 13.4. The molecule has 1 amide bonds. The van der Waals surface area contributed by atoms with Gasteiger partial charge in [0, 0.05) is 12.4 Å². The van der Waals surface area contributed by atoms with Gasteiger partial charge in [0.05, 0.1) is 12.6 Å². The van der Waals surface area contributed by atoms with Gasteiger partial charge in [-0.3, -0.25) is 4.79 Å². The molecule has 1 heterocycles. The number of aliphatic hydroxyl groups is 1. The quantitative estimate of drug-likeness (QED) is 0.908. The standard InChI is InChI=1S/C13H14FNO3/c1-8(7-16)15(2)13(17)11-6-9-4-3-5-10(14)12(9)18-11/h3-6,8,16H,7H2,1-2H3. The molecule has 4 nitrogen and oxygen atoms in total. The number of amides is 1. The molecule has 0 fully saturated rings. The summed E-state index contributed by atoms with van der Waals surface area (Å²) in [5, 5.41) is 9.55. The van der Waals surface area contributed by atoms with E-state index in [1.807, 2.05) is 0 Å². The second-order valence-electron chi connectivity index (χ2n) is 4.22. The fourth-order valence-corrected chi connectivity index (χ4v) is 1.63. The molecule has 1 atom stereocenters. The van der Waals surface area contributed by atoms with E-state index in [1.165, 1.54) is 17.0 Å². The summed E-state index contributed by atoms with van der Waals surface area (Å²) in [5.74, 6) is -0.811. The van der Waals surface area contributed by atoms with Crippen LogP contribution in [0.25, 0.3) is 11.0 Å². The minimum Gasteiger partial charge on any atom is -0.448 e. The zero-order chi connectivity index (χ0) is 13.3. The molecule has 0 aliphatic carbocycles. The van der Waals surface area contributed by atoms with Crippen LogP contribution in [0.1, 0.15) is 17.5 Å². The lowest BCUT2D eigenvalue weighted by atomic mass is 10.2. The third-order valence-corrected chi connectivity index (χ3v) is 2.95. The van der Waals surface area contributed by atoms with Gasteiger partial charge in [-0.05, 0) is 19.1 Å². The first-order chi connectivity index (χ1) is 8.54. The highest BCUT2D eigenvalue weighted by molar-refractivity contribution is 5.96. The van der Waals surface area contributed by atoms with Crippen molar-refractivity contribution in [2.24, 2.45) is 0 Å². The number of hydrogen-bond acceptors (Lipinski definition) is 3. The molecule has 2 rings (SSSR count). The molecule has 96 valence electrons. The fraction of sp³-hybridized carbons (Fsp3) is 0.308. The van der Waals surface area contributed by atoms with Crippen molar-refractivity contribution < 1.29 is 18.7 Å². The van der Waals surface area contributed by atoms with Gasteiger partial charge >= 0.3 is 0 Å². The molecule has 1 aromatic carbocycles. The molecule has 0 bridgehead atoms. The third kappa shape index (κ3) is 2.09. The Balaban J connectivity index is 2.37. The van der Waals surface area contributed by atoms with Crippen LogP contribution in [0.5, 0.6) is 0 Å². The smallest absolute Gasteiger partial charge is 0.289 e. The van der Waals surface area contributed by atoms with Crippen LogP contribution < -0.4 is 0 Å². The molecule has 1 aromatic heterocycles. The van der Waals surface area contributed by atoms with Gasteiger partial charge < -0.3 is 14.4 Å². The highest BCUT2D eigenvalue weighted by Gasteiger charge is 2.21. The number of halogens is 1. The predicted molar refractivity (Wildman–Crippen MR) is 64.8 cm³/mol. The summed E-state index contributed by atoms with van der Waals surface area (Å²) in [7, 11) is 1.56. The van der Waals surface area contributed by atoms with E-state index in [0.717, 1.165) is 0 Å². The van der Waals surface area contributed by atoms with Crippen LogP contribution in [-0.4, -0.2) is 35.6 Å². The maximum atomic E-state index is 13.4. The largest absolute Gasteiger partial charge is 0.448 e. The summed E-state index contributed by atoms with van der Waals surface area (Å²) in [6, 6.07) is 5.69. The summed E-state index contributed by atoms with van der Waals surface area (Å²) in [5.41, 5.74) is 0.0749. The molecule has 0 aliphatic heterocycles. The van der Waals surface area contributed by atoms with Gasteiger partial charge in [0.1, 0.15) is 0 Å². The lowest BCUT2D eigenvalue weighted by Gasteiger charge is -2.21. The summed E-state index contributed by atoms with van der Waals surface area (Å²) >= 11 is 0. The van der Waals surface area contributed by atoms with Crippen molar-refractivity contribution in [2.75, 3.05) is 13.7 Å². The summed E-state index contributed by atoms with van der Waals surface area (Å²) < 4.78 is 18.7. The van der Waals surface area contributed by atoms with Crippen LogP contribution in [0.15, 0.2) is 28.7 Å². The monoisotopic (exact) mass is 251 g/mol. The molecular formula is C13H14FNO3. The number of carbonyl (C=O) groups is 1. The van der Waals surface area contributed by atoms with E-state index in [1.54, 1.807) is 26.1 Å². The van der Waals surface area contributed by atoms with Crippen molar-refractivity contribution in [1.82, 2.24) is 4.90 Å². The Labute approximate surface area is 104 Å². The van der Waals surface area contributed by atoms with Crippen molar-refractivity contribution in [3.8, 4) is 0 Å². The summed E-state index contributed by atoms with van der Waals surface area (Å²) in [4.78, 5) is 13.4. The number of rotatable bonds is 3. The van der Waals surface area contributed by atoms with E-state index >= 15 is 0 Å². The molecule has 0 saturated carbocycles. The van der Waals surface area contributed by atoms with Gasteiger partial charge in [0.25, 0.3) is 5.91 Å². The number of para-hydroxylation sites is 1. The van der Waals surface area contributed by atoms with Gasteiger partial charge in [-0.2, -0.15) is 0 Å². The Morgan fingerprint density at radius 1 is 1.56 bits per heavy atom. The SMILES string of the molecule is CC(CO)N(C)C(=O)c1cc2cccc(F)c2o1. The molecule has 5 heteroatoms. The number of benzene rings is 1.